The third-order valence-corrected chi connectivity index (χ3v) is 3.61. The highest BCUT2D eigenvalue weighted by molar-refractivity contribution is 6.33. The summed E-state index contributed by atoms with van der Waals surface area (Å²) in [5.41, 5.74) is 1.81. The van der Waals surface area contributed by atoms with Crippen LogP contribution in [-0.2, 0) is 6.42 Å². The molecular weight excluding hydrogens is 297 g/mol. The Morgan fingerprint density at radius 2 is 2.05 bits per heavy atom. The number of halogens is 2. The summed E-state index contributed by atoms with van der Waals surface area (Å²) in [5, 5.41) is 4.57. The molecule has 20 heavy (non-hydrogen) atoms. The Morgan fingerprint density at radius 1 is 1.25 bits per heavy atom. The molecule has 1 unspecified atom stereocenters. The predicted molar refractivity (Wildman–Crippen MR) is 80.6 cm³/mol. The fourth-order valence-electron chi connectivity index (χ4n) is 1.93. The summed E-state index contributed by atoms with van der Waals surface area (Å²) in [7, 11) is 3.45. The van der Waals surface area contributed by atoms with E-state index in [0.29, 0.717) is 22.3 Å². The zero-order chi connectivity index (χ0) is 14.5. The van der Waals surface area contributed by atoms with Crippen LogP contribution < -0.4 is 10.1 Å². The maximum Gasteiger partial charge on any atom is 0.216 e. The van der Waals surface area contributed by atoms with Gasteiger partial charge in [0.25, 0.3) is 0 Å². The number of hydrogen-bond donors (Lipinski definition) is 1. The quantitative estimate of drug-likeness (QED) is 0.920. The van der Waals surface area contributed by atoms with E-state index in [-0.39, 0.29) is 6.04 Å². The zero-order valence-corrected chi connectivity index (χ0v) is 12.7. The van der Waals surface area contributed by atoms with Crippen molar-refractivity contribution in [1.82, 2.24) is 15.3 Å². The van der Waals surface area contributed by atoms with Gasteiger partial charge in [-0.15, -0.1) is 0 Å². The molecule has 0 saturated heterocycles. The van der Waals surface area contributed by atoms with Crippen molar-refractivity contribution in [3.8, 4) is 5.88 Å². The molecule has 4 nitrogen and oxygen atoms in total. The SMILES string of the molecule is CNC(Cc1cc(Cl)ccc1Cl)c1cc(OC)ncn1. The highest BCUT2D eigenvalue weighted by Crippen LogP contribution is 2.26. The molecule has 0 fully saturated rings. The van der Waals surface area contributed by atoms with Gasteiger partial charge in [0.2, 0.25) is 5.88 Å². The summed E-state index contributed by atoms with van der Waals surface area (Å²) in [4.78, 5) is 8.28. The van der Waals surface area contributed by atoms with E-state index in [2.05, 4.69) is 15.3 Å². The van der Waals surface area contributed by atoms with Crippen molar-refractivity contribution >= 4 is 23.2 Å². The standard InChI is InChI=1S/C14H15Cl2N3O/c1-17-12(13-7-14(20-2)19-8-18-13)6-9-5-10(15)3-4-11(9)16/h3-5,7-8,12,17H,6H2,1-2H3. The summed E-state index contributed by atoms with van der Waals surface area (Å²) < 4.78 is 5.12. The number of hydrogen-bond acceptors (Lipinski definition) is 4. The van der Waals surface area contributed by atoms with Crippen LogP contribution in [0.25, 0.3) is 0 Å². The minimum atomic E-state index is 0.00265. The third kappa shape index (κ3) is 3.60. The Labute approximate surface area is 128 Å². The zero-order valence-electron chi connectivity index (χ0n) is 11.2. The van der Waals surface area contributed by atoms with E-state index in [9.17, 15) is 0 Å². The summed E-state index contributed by atoms with van der Waals surface area (Å²) in [5.74, 6) is 0.535. The van der Waals surface area contributed by atoms with Gasteiger partial charge in [-0.25, -0.2) is 9.97 Å². The van der Waals surface area contributed by atoms with Crippen LogP contribution in [0.2, 0.25) is 10.0 Å². The lowest BCUT2D eigenvalue weighted by Crippen LogP contribution is -2.20. The van der Waals surface area contributed by atoms with Gasteiger partial charge in [-0.2, -0.15) is 0 Å². The van der Waals surface area contributed by atoms with Gasteiger partial charge in [-0.1, -0.05) is 23.2 Å². The van der Waals surface area contributed by atoms with Crippen molar-refractivity contribution in [2.24, 2.45) is 0 Å². The van der Waals surface area contributed by atoms with E-state index < -0.39 is 0 Å². The first-order valence-electron chi connectivity index (χ1n) is 6.11. The molecule has 0 spiro atoms. The Balaban J connectivity index is 2.26. The van der Waals surface area contributed by atoms with Crippen LogP contribution in [-0.4, -0.2) is 24.1 Å². The van der Waals surface area contributed by atoms with Crippen molar-refractivity contribution in [3.05, 3.63) is 51.9 Å². The Morgan fingerprint density at radius 3 is 2.75 bits per heavy atom. The number of likely N-dealkylation sites (N-methyl/N-ethyl adjacent to an activating group) is 1. The molecule has 0 saturated carbocycles. The Hall–Kier alpha value is -1.36. The monoisotopic (exact) mass is 311 g/mol. The Bertz CT molecular complexity index is 592. The second kappa shape index (κ2) is 6.88. The van der Waals surface area contributed by atoms with Crippen LogP contribution >= 0.6 is 23.2 Å². The molecule has 0 radical (unpaired) electrons. The van der Waals surface area contributed by atoms with Gasteiger partial charge < -0.3 is 10.1 Å². The van der Waals surface area contributed by atoms with Crippen molar-refractivity contribution < 1.29 is 4.74 Å². The molecule has 0 aliphatic rings. The third-order valence-electron chi connectivity index (χ3n) is 3.01. The number of nitrogens with one attached hydrogen (secondary N) is 1. The number of methoxy groups -OCH3 is 1. The van der Waals surface area contributed by atoms with Gasteiger partial charge in [0.15, 0.2) is 0 Å². The normalized spacial score (nSPS) is 12.2. The summed E-state index contributed by atoms with van der Waals surface area (Å²) >= 11 is 12.2. The van der Waals surface area contributed by atoms with E-state index in [1.54, 1.807) is 25.3 Å². The molecule has 2 aromatic rings. The van der Waals surface area contributed by atoms with Gasteiger partial charge in [-0.05, 0) is 37.2 Å². The van der Waals surface area contributed by atoms with Crippen molar-refractivity contribution in [3.63, 3.8) is 0 Å². The molecule has 106 valence electrons. The van der Waals surface area contributed by atoms with Crippen LogP contribution in [0.1, 0.15) is 17.3 Å². The fraction of sp³-hybridized carbons (Fsp3) is 0.286. The maximum atomic E-state index is 6.20. The molecule has 1 atom stereocenters. The van der Waals surface area contributed by atoms with Gasteiger partial charge in [-0.3, -0.25) is 0 Å². The highest BCUT2D eigenvalue weighted by atomic mass is 35.5. The number of rotatable bonds is 5. The lowest BCUT2D eigenvalue weighted by atomic mass is 10.0. The second-order valence-electron chi connectivity index (χ2n) is 4.27. The highest BCUT2D eigenvalue weighted by Gasteiger charge is 2.15. The molecule has 0 aliphatic carbocycles. The lowest BCUT2D eigenvalue weighted by Gasteiger charge is -2.17. The molecule has 6 heteroatoms. The van der Waals surface area contributed by atoms with Crippen LogP contribution in [0.4, 0.5) is 0 Å². The average Bonchev–Trinajstić information content (AvgIpc) is 2.48. The molecule has 0 amide bonds. The molecule has 1 aromatic heterocycles. The molecule has 2 rings (SSSR count). The number of nitrogens with zero attached hydrogens (tertiary/aromatic N) is 2. The first-order valence-corrected chi connectivity index (χ1v) is 6.86. The van der Waals surface area contributed by atoms with Crippen LogP contribution in [0.5, 0.6) is 5.88 Å². The van der Waals surface area contributed by atoms with Crippen molar-refractivity contribution in [2.45, 2.75) is 12.5 Å². The number of benzene rings is 1. The van der Waals surface area contributed by atoms with E-state index in [1.165, 1.54) is 6.33 Å². The molecule has 0 bridgehead atoms. The average molecular weight is 312 g/mol. The molecule has 1 aromatic carbocycles. The largest absolute Gasteiger partial charge is 0.481 e. The van der Waals surface area contributed by atoms with E-state index in [1.807, 2.05) is 13.1 Å². The minimum absolute atomic E-state index is 0.00265. The Kier molecular flexibility index (Phi) is 5.17. The van der Waals surface area contributed by atoms with Crippen LogP contribution in [0.3, 0.4) is 0 Å². The maximum absolute atomic E-state index is 6.20. The smallest absolute Gasteiger partial charge is 0.216 e. The van der Waals surface area contributed by atoms with Crippen LogP contribution in [0.15, 0.2) is 30.6 Å². The van der Waals surface area contributed by atoms with Crippen LogP contribution in [0, 0.1) is 0 Å². The van der Waals surface area contributed by atoms with Gasteiger partial charge >= 0.3 is 0 Å². The van der Waals surface area contributed by atoms with E-state index >= 15 is 0 Å². The lowest BCUT2D eigenvalue weighted by molar-refractivity contribution is 0.394. The molecular formula is C14H15Cl2N3O. The molecule has 0 aliphatic heterocycles. The topological polar surface area (TPSA) is 47.0 Å². The van der Waals surface area contributed by atoms with E-state index in [4.69, 9.17) is 27.9 Å². The minimum Gasteiger partial charge on any atom is -0.481 e. The predicted octanol–water partition coefficient (Wildman–Crippen LogP) is 3.30. The van der Waals surface area contributed by atoms with Crippen molar-refractivity contribution in [1.29, 1.82) is 0 Å². The number of ether oxygens (including phenoxy) is 1. The fourth-order valence-corrected chi connectivity index (χ4v) is 2.32. The van der Waals surface area contributed by atoms with Gasteiger partial charge in [0.05, 0.1) is 18.8 Å². The molecule has 1 heterocycles. The van der Waals surface area contributed by atoms with Crippen molar-refractivity contribution in [2.75, 3.05) is 14.2 Å². The second-order valence-corrected chi connectivity index (χ2v) is 5.11. The van der Waals surface area contributed by atoms with Gasteiger partial charge in [0, 0.05) is 16.1 Å². The van der Waals surface area contributed by atoms with E-state index in [0.717, 1.165) is 11.3 Å². The molecule has 1 N–H and O–H groups in total. The number of aromatic nitrogens is 2. The first kappa shape index (κ1) is 15.0. The summed E-state index contributed by atoms with van der Waals surface area (Å²) in [6.45, 7) is 0. The summed E-state index contributed by atoms with van der Waals surface area (Å²) in [6.07, 6.45) is 2.16. The van der Waals surface area contributed by atoms with Gasteiger partial charge in [0.1, 0.15) is 6.33 Å². The first-order chi connectivity index (χ1) is 9.63. The summed E-state index contributed by atoms with van der Waals surface area (Å²) in [6, 6.07) is 7.25.